The molecule has 0 saturated heterocycles. The van der Waals surface area contributed by atoms with Crippen molar-refractivity contribution in [2.75, 3.05) is 0 Å². The van der Waals surface area contributed by atoms with Crippen LogP contribution >= 0.6 is 0 Å². The molecule has 0 fully saturated rings. The molecule has 2 aromatic carbocycles. The number of rotatable bonds is 5. The summed E-state index contributed by atoms with van der Waals surface area (Å²) in [5.74, 6) is 0. The number of aryl methyl sites for hydroxylation is 1. The lowest BCUT2D eigenvalue weighted by Gasteiger charge is -2.08. The summed E-state index contributed by atoms with van der Waals surface area (Å²) in [5, 5.41) is 2.13. The molecule has 21 heavy (non-hydrogen) atoms. The van der Waals surface area contributed by atoms with Gasteiger partial charge in [-0.2, -0.15) is 0 Å². The highest BCUT2D eigenvalue weighted by Crippen LogP contribution is 2.20. The van der Waals surface area contributed by atoms with Gasteiger partial charge in [-0.1, -0.05) is 48.0 Å². The minimum Gasteiger partial charge on any atom is -0.319 e. The van der Waals surface area contributed by atoms with Crippen molar-refractivity contribution in [3.8, 4) is 0 Å². The van der Waals surface area contributed by atoms with E-state index in [2.05, 4.69) is 5.32 Å². The quantitative estimate of drug-likeness (QED) is 0.863. The molecule has 0 heterocycles. The fourth-order valence-corrected chi connectivity index (χ4v) is 3.04. The lowest BCUT2D eigenvalue weighted by molar-refractivity contribution is -0.108. The Bertz CT molecular complexity index is 748. The molecule has 0 aliphatic heterocycles. The highest BCUT2D eigenvalue weighted by molar-refractivity contribution is 7.95. The van der Waals surface area contributed by atoms with Gasteiger partial charge in [-0.25, -0.2) is 8.42 Å². The maximum Gasteiger partial charge on any atom is 0.221 e. The van der Waals surface area contributed by atoms with Gasteiger partial charge in [0.2, 0.25) is 16.2 Å². The van der Waals surface area contributed by atoms with Crippen LogP contribution in [0.1, 0.15) is 11.1 Å². The summed E-state index contributed by atoms with van der Waals surface area (Å²) in [6.07, 6.45) is 1.80. The van der Waals surface area contributed by atoms with E-state index in [1.54, 1.807) is 36.4 Å². The van der Waals surface area contributed by atoms with Crippen LogP contribution in [-0.2, 0) is 14.6 Å². The van der Waals surface area contributed by atoms with E-state index in [0.29, 0.717) is 12.0 Å². The van der Waals surface area contributed by atoms with Gasteiger partial charge in [-0.3, -0.25) is 4.79 Å². The number of benzene rings is 2. The van der Waals surface area contributed by atoms with E-state index in [0.717, 1.165) is 5.56 Å². The predicted molar refractivity (Wildman–Crippen MR) is 82.0 cm³/mol. The molecular weight excluding hydrogens is 286 g/mol. The van der Waals surface area contributed by atoms with Crippen LogP contribution in [-0.4, -0.2) is 14.8 Å². The van der Waals surface area contributed by atoms with Crippen molar-refractivity contribution < 1.29 is 13.2 Å². The van der Waals surface area contributed by atoms with Gasteiger partial charge >= 0.3 is 0 Å². The molecule has 0 atom stereocenters. The van der Waals surface area contributed by atoms with Crippen LogP contribution in [0, 0.1) is 6.92 Å². The zero-order valence-electron chi connectivity index (χ0n) is 11.5. The first kappa shape index (κ1) is 15.0. The van der Waals surface area contributed by atoms with Crippen molar-refractivity contribution >= 4 is 22.3 Å². The minimum atomic E-state index is -3.76. The molecule has 0 radical (unpaired) electrons. The molecule has 0 spiro atoms. The predicted octanol–water partition coefficient (Wildman–Crippen LogP) is 2.51. The largest absolute Gasteiger partial charge is 0.319 e. The van der Waals surface area contributed by atoms with Crippen molar-refractivity contribution in [3.05, 3.63) is 70.8 Å². The molecule has 108 valence electrons. The van der Waals surface area contributed by atoms with Crippen molar-refractivity contribution in [2.24, 2.45) is 0 Å². The summed E-state index contributed by atoms with van der Waals surface area (Å²) in [6, 6.07) is 15.4. The van der Waals surface area contributed by atoms with E-state index in [4.69, 9.17) is 0 Å². The van der Waals surface area contributed by atoms with E-state index in [1.165, 1.54) is 18.2 Å². The van der Waals surface area contributed by atoms with Crippen LogP contribution in [0.2, 0.25) is 0 Å². The summed E-state index contributed by atoms with van der Waals surface area (Å²) in [5.41, 5.74) is 1.66. The average molecular weight is 301 g/mol. The zero-order chi connectivity index (χ0) is 15.3. The maximum absolute atomic E-state index is 12.5. The van der Waals surface area contributed by atoms with Gasteiger partial charge in [0.25, 0.3) is 0 Å². The van der Waals surface area contributed by atoms with Crippen LogP contribution in [0.4, 0.5) is 0 Å². The summed E-state index contributed by atoms with van der Waals surface area (Å²) in [7, 11) is -3.76. The number of sulfone groups is 1. The Hall–Kier alpha value is -2.40. The van der Waals surface area contributed by atoms with E-state index < -0.39 is 9.84 Å². The first-order chi connectivity index (χ1) is 10.0. The fourth-order valence-electron chi connectivity index (χ4n) is 1.80. The average Bonchev–Trinajstić information content (AvgIpc) is 2.48. The molecular formula is C16H15NO3S. The third-order valence-electron chi connectivity index (χ3n) is 2.92. The molecule has 0 bridgehead atoms. The molecule has 1 N–H and O–H groups in total. The normalized spacial score (nSPS) is 12.0. The smallest absolute Gasteiger partial charge is 0.221 e. The van der Waals surface area contributed by atoms with Gasteiger partial charge in [0, 0.05) is 0 Å². The third kappa shape index (κ3) is 3.58. The van der Waals surface area contributed by atoms with Crippen LogP contribution in [0.5, 0.6) is 0 Å². The van der Waals surface area contributed by atoms with Gasteiger partial charge in [0.15, 0.2) is 0 Å². The van der Waals surface area contributed by atoms with E-state index in [9.17, 15) is 13.2 Å². The maximum atomic E-state index is 12.5. The SMILES string of the molecule is Cc1ccc(S(=O)(=O)C(=Cc2ccccc2)NC=O)cc1. The fraction of sp³-hybridized carbons (Fsp3) is 0.0625. The Morgan fingerprint density at radius 2 is 1.62 bits per heavy atom. The third-order valence-corrected chi connectivity index (χ3v) is 4.63. The van der Waals surface area contributed by atoms with Gasteiger partial charge < -0.3 is 5.32 Å². The van der Waals surface area contributed by atoms with E-state index in [-0.39, 0.29) is 9.92 Å². The Morgan fingerprint density at radius 3 is 2.19 bits per heavy atom. The molecule has 0 unspecified atom stereocenters. The second-order valence-corrected chi connectivity index (χ2v) is 6.42. The minimum absolute atomic E-state index is 0.143. The van der Waals surface area contributed by atoms with Crippen LogP contribution in [0.3, 0.4) is 0 Å². The number of hydrogen-bond acceptors (Lipinski definition) is 3. The van der Waals surface area contributed by atoms with Crippen LogP contribution in [0.25, 0.3) is 6.08 Å². The summed E-state index contributed by atoms with van der Waals surface area (Å²) in [4.78, 5) is 10.9. The highest BCUT2D eigenvalue weighted by Gasteiger charge is 2.20. The van der Waals surface area contributed by atoms with Crippen molar-refractivity contribution in [1.29, 1.82) is 0 Å². The number of carbonyl (C=O) groups excluding carboxylic acids is 1. The second-order valence-electron chi connectivity index (χ2n) is 4.50. The van der Waals surface area contributed by atoms with Crippen molar-refractivity contribution in [2.45, 2.75) is 11.8 Å². The molecule has 2 rings (SSSR count). The molecule has 2 aromatic rings. The number of hydrogen-bond donors (Lipinski definition) is 1. The number of nitrogens with one attached hydrogen (secondary N) is 1. The standard InChI is InChI=1S/C16H15NO3S/c1-13-7-9-15(10-8-13)21(19,20)16(17-12-18)11-14-5-3-2-4-6-14/h2-12H,1H3,(H,17,18). The molecule has 5 heteroatoms. The summed E-state index contributed by atoms with van der Waals surface area (Å²) >= 11 is 0. The van der Waals surface area contributed by atoms with Gasteiger partial charge in [0.1, 0.15) is 5.03 Å². The van der Waals surface area contributed by atoms with Crippen molar-refractivity contribution in [1.82, 2.24) is 5.32 Å². The highest BCUT2D eigenvalue weighted by atomic mass is 32.2. The van der Waals surface area contributed by atoms with Crippen molar-refractivity contribution in [3.63, 3.8) is 0 Å². The first-order valence-electron chi connectivity index (χ1n) is 6.33. The Labute approximate surface area is 124 Å². The van der Waals surface area contributed by atoms with Crippen LogP contribution < -0.4 is 5.32 Å². The Morgan fingerprint density at radius 1 is 1.00 bits per heavy atom. The van der Waals surface area contributed by atoms with Gasteiger partial charge in [0.05, 0.1) is 4.90 Å². The molecule has 0 saturated carbocycles. The van der Waals surface area contributed by atoms with Gasteiger partial charge in [-0.05, 0) is 30.7 Å². The summed E-state index contributed by atoms with van der Waals surface area (Å²) < 4.78 is 25.1. The summed E-state index contributed by atoms with van der Waals surface area (Å²) in [6.45, 7) is 1.88. The van der Waals surface area contributed by atoms with E-state index in [1.807, 2.05) is 13.0 Å². The number of carbonyl (C=O) groups is 1. The molecule has 0 aliphatic rings. The lowest BCUT2D eigenvalue weighted by atomic mass is 10.2. The molecule has 4 nitrogen and oxygen atoms in total. The lowest BCUT2D eigenvalue weighted by Crippen LogP contribution is -2.19. The molecule has 0 aromatic heterocycles. The first-order valence-corrected chi connectivity index (χ1v) is 7.81. The Kier molecular flexibility index (Phi) is 4.55. The van der Waals surface area contributed by atoms with Crippen LogP contribution in [0.15, 0.2) is 64.5 Å². The topological polar surface area (TPSA) is 63.2 Å². The zero-order valence-corrected chi connectivity index (χ0v) is 12.3. The number of amides is 1. The molecule has 1 amide bonds. The molecule has 0 aliphatic carbocycles. The van der Waals surface area contributed by atoms with E-state index >= 15 is 0 Å². The second kappa shape index (κ2) is 6.37. The monoisotopic (exact) mass is 301 g/mol. The van der Waals surface area contributed by atoms with Gasteiger partial charge in [-0.15, -0.1) is 0 Å². The Balaban J connectivity index is 2.48.